The zero-order chi connectivity index (χ0) is 12.5. The van der Waals surface area contributed by atoms with Gasteiger partial charge in [0.1, 0.15) is 5.75 Å². The molecule has 17 heavy (non-hydrogen) atoms. The van der Waals surface area contributed by atoms with E-state index in [2.05, 4.69) is 19.1 Å². The molecule has 0 amide bonds. The largest absolute Gasteiger partial charge is 0.494 e. The Labute approximate surface area is 103 Å². The highest BCUT2D eigenvalue weighted by atomic mass is 16.5. The fraction of sp³-hybridized carbons (Fsp3) is 0.500. The van der Waals surface area contributed by atoms with Crippen molar-refractivity contribution in [3.8, 4) is 11.8 Å². The van der Waals surface area contributed by atoms with Gasteiger partial charge in [0.25, 0.3) is 0 Å². The van der Waals surface area contributed by atoms with Gasteiger partial charge in [-0.3, -0.25) is 0 Å². The van der Waals surface area contributed by atoms with E-state index in [9.17, 15) is 0 Å². The Kier molecular flexibility index (Phi) is 6.13. The lowest BCUT2D eigenvalue weighted by Crippen LogP contribution is -2.21. The van der Waals surface area contributed by atoms with E-state index in [1.54, 1.807) is 0 Å². The molecule has 3 heteroatoms. The second-order valence-corrected chi connectivity index (χ2v) is 4.13. The summed E-state index contributed by atoms with van der Waals surface area (Å²) in [4.78, 5) is 0. The Morgan fingerprint density at radius 3 is 3.00 bits per heavy atom. The Morgan fingerprint density at radius 1 is 1.47 bits per heavy atom. The van der Waals surface area contributed by atoms with Crippen LogP contribution in [0.5, 0.6) is 5.75 Å². The van der Waals surface area contributed by atoms with Crippen molar-refractivity contribution < 1.29 is 4.74 Å². The van der Waals surface area contributed by atoms with Crippen LogP contribution in [0.4, 0.5) is 0 Å². The molecule has 1 atom stereocenters. The van der Waals surface area contributed by atoms with Crippen molar-refractivity contribution in [3.63, 3.8) is 0 Å². The van der Waals surface area contributed by atoms with Gasteiger partial charge in [0, 0.05) is 12.5 Å². The summed E-state index contributed by atoms with van der Waals surface area (Å²) in [6.07, 6.45) is 3.18. The minimum absolute atomic E-state index is 0.212. The van der Waals surface area contributed by atoms with Gasteiger partial charge in [-0.25, -0.2) is 0 Å². The smallest absolute Gasteiger partial charge is 0.119 e. The van der Waals surface area contributed by atoms with Crippen LogP contribution in [0.15, 0.2) is 24.3 Å². The van der Waals surface area contributed by atoms with Crippen molar-refractivity contribution in [2.75, 3.05) is 6.61 Å². The molecule has 2 N–H and O–H groups in total. The molecule has 0 aliphatic heterocycles. The molecule has 0 fully saturated rings. The lowest BCUT2D eigenvalue weighted by atomic mass is 10.0. The SMILES string of the molecule is CCC(N)Cc1cccc(OCCCC#N)c1. The van der Waals surface area contributed by atoms with Crippen LogP contribution < -0.4 is 10.5 Å². The molecule has 0 saturated carbocycles. The predicted octanol–water partition coefficient (Wildman–Crippen LogP) is 2.65. The van der Waals surface area contributed by atoms with Crippen molar-refractivity contribution in [2.45, 2.75) is 38.6 Å². The number of nitriles is 1. The Balaban J connectivity index is 2.45. The maximum atomic E-state index is 8.41. The Bertz CT molecular complexity index is 371. The molecule has 1 aromatic rings. The van der Waals surface area contributed by atoms with Crippen LogP contribution in [-0.2, 0) is 6.42 Å². The van der Waals surface area contributed by atoms with Crippen molar-refractivity contribution in [3.05, 3.63) is 29.8 Å². The highest BCUT2D eigenvalue weighted by Crippen LogP contribution is 2.15. The van der Waals surface area contributed by atoms with Gasteiger partial charge < -0.3 is 10.5 Å². The Hall–Kier alpha value is -1.53. The molecule has 1 aromatic carbocycles. The van der Waals surface area contributed by atoms with E-state index in [0.29, 0.717) is 13.0 Å². The fourth-order valence-corrected chi connectivity index (χ4v) is 1.55. The second kappa shape index (κ2) is 7.70. The summed E-state index contributed by atoms with van der Waals surface area (Å²) in [6.45, 7) is 2.68. The van der Waals surface area contributed by atoms with Gasteiger partial charge in [-0.15, -0.1) is 0 Å². The average Bonchev–Trinajstić information content (AvgIpc) is 2.35. The number of unbranched alkanes of at least 4 members (excludes halogenated alkanes) is 1. The first-order chi connectivity index (χ1) is 8.26. The van der Waals surface area contributed by atoms with Gasteiger partial charge in [-0.05, 0) is 37.0 Å². The highest BCUT2D eigenvalue weighted by Gasteiger charge is 2.02. The third-order valence-electron chi connectivity index (χ3n) is 2.62. The quantitative estimate of drug-likeness (QED) is 0.735. The van der Waals surface area contributed by atoms with E-state index in [4.69, 9.17) is 15.7 Å². The van der Waals surface area contributed by atoms with E-state index in [1.807, 2.05) is 18.2 Å². The van der Waals surface area contributed by atoms with Crippen molar-refractivity contribution in [2.24, 2.45) is 5.73 Å². The summed E-state index contributed by atoms with van der Waals surface area (Å²) >= 11 is 0. The van der Waals surface area contributed by atoms with Crippen LogP contribution >= 0.6 is 0 Å². The van der Waals surface area contributed by atoms with Crippen LogP contribution in [0.2, 0.25) is 0 Å². The molecule has 0 aromatic heterocycles. The van der Waals surface area contributed by atoms with E-state index in [1.165, 1.54) is 5.56 Å². The van der Waals surface area contributed by atoms with E-state index >= 15 is 0 Å². The minimum atomic E-state index is 0.212. The third kappa shape index (κ3) is 5.37. The zero-order valence-corrected chi connectivity index (χ0v) is 10.4. The lowest BCUT2D eigenvalue weighted by Gasteiger charge is -2.10. The van der Waals surface area contributed by atoms with E-state index < -0.39 is 0 Å². The first-order valence-electron chi connectivity index (χ1n) is 6.10. The molecule has 0 radical (unpaired) electrons. The topological polar surface area (TPSA) is 59.0 Å². The molecule has 0 spiro atoms. The summed E-state index contributed by atoms with van der Waals surface area (Å²) in [6, 6.07) is 10.3. The number of ether oxygens (including phenoxy) is 1. The number of benzene rings is 1. The molecule has 0 aliphatic carbocycles. The zero-order valence-electron chi connectivity index (χ0n) is 10.4. The summed E-state index contributed by atoms with van der Waals surface area (Å²) < 4.78 is 5.57. The second-order valence-electron chi connectivity index (χ2n) is 4.13. The van der Waals surface area contributed by atoms with Crippen LogP contribution in [0.3, 0.4) is 0 Å². The molecule has 0 bridgehead atoms. The average molecular weight is 232 g/mol. The minimum Gasteiger partial charge on any atom is -0.494 e. The van der Waals surface area contributed by atoms with Crippen LogP contribution in [0.25, 0.3) is 0 Å². The lowest BCUT2D eigenvalue weighted by molar-refractivity contribution is 0.312. The monoisotopic (exact) mass is 232 g/mol. The number of nitrogens with zero attached hydrogens (tertiary/aromatic N) is 1. The van der Waals surface area contributed by atoms with Gasteiger partial charge in [0.05, 0.1) is 12.7 Å². The molecule has 3 nitrogen and oxygen atoms in total. The van der Waals surface area contributed by atoms with Gasteiger partial charge in [0.2, 0.25) is 0 Å². The molecule has 0 saturated heterocycles. The number of hydrogen-bond acceptors (Lipinski definition) is 3. The molecular formula is C14H20N2O. The third-order valence-corrected chi connectivity index (χ3v) is 2.62. The molecule has 92 valence electrons. The van der Waals surface area contributed by atoms with Gasteiger partial charge >= 0.3 is 0 Å². The van der Waals surface area contributed by atoms with E-state index in [0.717, 1.165) is 25.0 Å². The van der Waals surface area contributed by atoms with Crippen molar-refractivity contribution in [1.29, 1.82) is 5.26 Å². The molecule has 1 rings (SSSR count). The summed E-state index contributed by atoms with van der Waals surface area (Å²) in [7, 11) is 0. The number of rotatable bonds is 7. The Morgan fingerprint density at radius 2 is 2.29 bits per heavy atom. The summed E-state index contributed by atoms with van der Waals surface area (Å²) in [5.41, 5.74) is 7.12. The van der Waals surface area contributed by atoms with Crippen LogP contribution in [0, 0.1) is 11.3 Å². The van der Waals surface area contributed by atoms with E-state index in [-0.39, 0.29) is 6.04 Å². The van der Waals surface area contributed by atoms with Crippen LogP contribution in [-0.4, -0.2) is 12.6 Å². The molecule has 0 heterocycles. The normalized spacial score (nSPS) is 11.8. The summed E-state index contributed by atoms with van der Waals surface area (Å²) in [5.74, 6) is 0.865. The van der Waals surface area contributed by atoms with Gasteiger partial charge in [0.15, 0.2) is 0 Å². The first kappa shape index (κ1) is 13.5. The molecule has 1 unspecified atom stereocenters. The van der Waals surface area contributed by atoms with Crippen LogP contribution in [0.1, 0.15) is 31.7 Å². The number of hydrogen-bond donors (Lipinski definition) is 1. The summed E-state index contributed by atoms with van der Waals surface area (Å²) in [5, 5.41) is 8.41. The molecule has 0 aliphatic rings. The number of nitrogens with two attached hydrogens (primary N) is 1. The van der Waals surface area contributed by atoms with Crippen molar-refractivity contribution in [1.82, 2.24) is 0 Å². The molecular weight excluding hydrogens is 212 g/mol. The van der Waals surface area contributed by atoms with Gasteiger partial charge in [-0.1, -0.05) is 19.1 Å². The fourth-order valence-electron chi connectivity index (χ4n) is 1.55. The maximum Gasteiger partial charge on any atom is 0.119 e. The standard InChI is InChI=1S/C14H20N2O/c1-2-13(16)10-12-6-5-7-14(11-12)17-9-4-3-8-15/h5-7,11,13H,2-4,9-10,16H2,1H3. The van der Waals surface area contributed by atoms with Crippen molar-refractivity contribution >= 4 is 0 Å². The first-order valence-corrected chi connectivity index (χ1v) is 6.10. The highest BCUT2D eigenvalue weighted by molar-refractivity contribution is 5.29. The predicted molar refractivity (Wildman–Crippen MR) is 68.8 cm³/mol. The maximum absolute atomic E-state index is 8.41. The van der Waals surface area contributed by atoms with Gasteiger partial charge in [-0.2, -0.15) is 5.26 Å².